The third-order valence-electron chi connectivity index (χ3n) is 7.99. The van der Waals surface area contributed by atoms with Crippen LogP contribution in [0.4, 0.5) is 0 Å². The molecule has 0 aliphatic heterocycles. The predicted molar refractivity (Wildman–Crippen MR) is 169 cm³/mol. The Morgan fingerprint density at radius 1 is 0.714 bits per heavy atom. The third-order valence-corrected chi connectivity index (χ3v) is 8.98. The molecule has 7 heteroatoms. The number of thiophene rings is 1. The van der Waals surface area contributed by atoms with Crippen LogP contribution in [-0.2, 0) is 20.1 Å². The molecule has 9 aromatic rings. The first-order chi connectivity index (χ1) is 20.2. The Kier molecular flexibility index (Phi) is 5.69. The van der Waals surface area contributed by atoms with Crippen LogP contribution < -0.4 is 0 Å². The second-order valence-corrected chi connectivity index (χ2v) is 11.7. The molecule has 0 saturated heterocycles. The molecule has 9 rings (SSSR count). The van der Waals surface area contributed by atoms with E-state index in [2.05, 4.69) is 108 Å². The Hall–Kier alpha value is -4.55. The molecule has 0 unspecified atom stereocenters. The molecule has 1 radical (unpaired) electrons. The van der Waals surface area contributed by atoms with Gasteiger partial charge in [0.05, 0.1) is 22.2 Å². The Labute approximate surface area is 258 Å². The van der Waals surface area contributed by atoms with Crippen molar-refractivity contribution < 1.29 is 20.1 Å². The van der Waals surface area contributed by atoms with E-state index in [9.17, 15) is 0 Å². The molecular formula is C35H22IrN5S-. The van der Waals surface area contributed by atoms with Crippen LogP contribution in [-0.4, -0.2) is 24.0 Å². The largest absolute Gasteiger partial charge is 0.301 e. The van der Waals surface area contributed by atoms with Gasteiger partial charge in [-0.05, 0) is 60.3 Å². The van der Waals surface area contributed by atoms with Crippen LogP contribution in [0, 0.1) is 13.0 Å². The Bertz CT molecular complexity index is 2440. The fourth-order valence-corrected chi connectivity index (χ4v) is 6.99. The van der Waals surface area contributed by atoms with Crippen molar-refractivity contribution in [2.75, 3.05) is 0 Å². The zero-order valence-corrected chi connectivity index (χ0v) is 25.7. The van der Waals surface area contributed by atoms with Gasteiger partial charge >= 0.3 is 0 Å². The van der Waals surface area contributed by atoms with Crippen molar-refractivity contribution in [2.24, 2.45) is 0 Å². The SMILES string of the molecule is Cc1ccc(-n2c3ccccc3c3cc(-c4c[c-]c5c(c4)c4cn(-c6ccccc6)nc4c4ccnn54)ccc32)s1.[Ir]. The van der Waals surface area contributed by atoms with E-state index in [0.717, 1.165) is 44.1 Å². The molecular weight excluding hydrogens is 715 g/mol. The summed E-state index contributed by atoms with van der Waals surface area (Å²) in [6.45, 7) is 2.16. The normalized spacial score (nSPS) is 11.7. The molecule has 5 nitrogen and oxygen atoms in total. The molecule has 0 atom stereocenters. The maximum absolute atomic E-state index is 4.98. The molecule has 0 saturated carbocycles. The Morgan fingerprint density at radius 2 is 1.52 bits per heavy atom. The first kappa shape index (κ1) is 25.2. The van der Waals surface area contributed by atoms with E-state index in [-0.39, 0.29) is 20.1 Å². The number of rotatable bonds is 3. The van der Waals surface area contributed by atoms with E-state index in [4.69, 9.17) is 5.10 Å². The minimum Gasteiger partial charge on any atom is -0.301 e. The summed E-state index contributed by atoms with van der Waals surface area (Å²) in [5.74, 6) is 0. The number of nitrogens with zero attached hydrogens (tertiary/aromatic N) is 5. The number of fused-ring (bicyclic) bond motifs is 9. The molecule has 0 amide bonds. The van der Waals surface area contributed by atoms with Gasteiger partial charge in [0, 0.05) is 48.1 Å². The molecule has 0 aliphatic carbocycles. The summed E-state index contributed by atoms with van der Waals surface area (Å²) in [5, 5.41) is 15.5. The zero-order chi connectivity index (χ0) is 27.1. The summed E-state index contributed by atoms with van der Waals surface area (Å²) in [5.41, 5.74) is 8.58. The van der Waals surface area contributed by atoms with Crippen molar-refractivity contribution in [1.82, 2.24) is 24.0 Å². The van der Waals surface area contributed by atoms with Crippen LogP contribution >= 0.6 is 11.3 Å². The Morgan fingerprint density at radius 3 is 2.38 bits per heavy atom. The summed E-state index contributed by atoms with van der Waals surface area (Å²) >= 11 is 1.82. The first-order valence-corrected chi connectivity index (χ1v) is 14.4. The van der Waals surface area contributed by atoms with Crippen LogP contribution in [0.5, 0.6) is 0 Å². The average Bonchev–Trinajstić information content (AvgIpc) is 3.81. The molecule has 0 fully saturated rings. The van der Waals surface area contributed by atoms with Gasteiger partial charge in [-0.3, -0.25) is 4.52 Å². The molecule has 203 valence electrons. The summed E-state index contributed by atoms with van der Waals surface area (Å²) in [6.07, 6.45) is 3.95. The molecule has 0 spiro atoms. The maximum Gasteiger partial charge on any atom is 0.107 e. The van der Waals surface area contributed by atoms with E-state index in [1.54, 1.807) is 0 Å². The number of hydrogen-bond donors (Lipinski definition) is 0. The van der Waals surface area contributed by atoms with Crippen LogP contribution in [0.3, 0.4) is 0 Å². The van der Waals surface area contributed by atoms with E-state index >= 15 is 0 Å². The number of hydrogen-bond acceptors (Lipinski definition) is 3. The van der Waals surface area contributed by atoms with E-state index < -0.39 is 0 Å². The Balaban J connectivity index is 0.00000267. The third kappa shape index (κ3) is 3.64. The summed E-state index contributed by atoms with van der Waals surface area (Å²) in [7, 11) is 0. The van der Waals surface area contributed by atoms with Gasteiger partial charge in [0.25, 0.3) is 0 Å². The van der Waals surface area contributed by atoms with Gasteiger partial charge in [0.15, 0.2) is 0 Å². The quantitative estimate of drug-likeness (QED) is 0.170. The number of aryl methyl sites for hydroxylation is 1. The van der Waals surface area contributed by atoms with Crippen molar-refractivity contribution in [3.05, 3.63) is 126 Å². The summed E-state index contributed by atoms with van der Waals surface area (Å²) in [6, 6.07) is 40.1. The molecule has 0 N–H and O–H groups in total. The van der Waals surface area contributed by atoms with Gasteiger partial charge in [-0.15, -0.1) is 16.9 Å². The standard InChI is InChI=1S/C35H22N5S.Ir/c1-22-11-16-34(41-22)39-30-10-6-5-9-26(30)27-19-23(12-14-31(27)39)24-13-15-32-28(20-24)29-21-38(25-7-3-2-4-8-25)37-35(29)33-17-18-36-40(32)33;/h2-14,16-21H,1H3;/q-1;. The van der Waals surface area contributed by atoms with Crippen molar-refractivity contribution in [3.63, 3.8) is 0 Å². The summed E-state index contributed by atoms with van der Waals surface area (Å²) in [4.78, 5) is 1.31. The van der Waals surface area contributed by atoms with Crippen LogP contribution in [0.2, 0.25) is 0 Å². The minimum atomic E-state index is 0. The molecule has 0 bridgehead atoms. The topological polar surface area (TPSA) is 40.0 Å². The van der Waals surface area contributed by atoms with Crippen LogP contribution in [0.1, 0.15) is 4.88 Å². The number of benzene rings is 4. The molecule has 0 aliphatic rings. The predicted octanol–water partition coefficient (Wildman–Crippen LogP) is 8.76. The van der Waals surface area contributed by atoms with Crippen LogP contribution in [0.25, 0.3) is 70.9 Å². The number of para-hydroxylation sites is 2. The van der Waals surface area contributed by atoms with Gasteiger partial charge in [-0.25, -0.2) is 4.68 Å². The molecule has 4 aromatic carbocycles. The average molecular weight is 737 g/mol. The first-order valence-electron chi connectivity index (χ1n) is 13.6. The fraction of sp³-hybridized carbons (Fsp3) is 0.0286. The smallest absolute Gasteiger partial charge is 0.107 e. The molecule has 5 heterocycles. The van der Waals surface area contributed by atoms with Gasteiger partial charge in [-0.1, -0.05) is 59.5 Å². The van der Waals surface area contributed by atoms with Crippen molar-refractivity contribution >= 4 is 60.5 Å². The van der Waals surface area contributed by atoms with E-state index in [1.807, 2.05) is 51.0 Å². The number of aromatic nitrogens is 5. The monoisotopic (exact) mass is 737 g/mol. The minimum absolute atomic E-state index is 0. The maximum atomic E-state index is 4.98. The van der Waals surface area contributed by atoms with Gasteiger partial charge in [0.1, 0.15) is 10.5 Å². The second kappa shape index (κ2) is 9.50. The summed E-state index contributed by atoms with van der Waals surface area (Å²) < 4.78 is 6.29. The van der Waals surface area contributed by atoms with Crippen molar-refractivity contribution in [3.8, 4) is 21.8 Å². The van der Waals surface area contributed by atoms with Crippen molar-refractivity contribution in [1.29, 1.82) is 0 Å². The van der Waals surface area contributed by atoms with Gasteiger partial charge < -0.3 is 4.57 Å². The van der Waals surface area contributed by atoms with Crippen LogP contribution in [0.15, 0.2) is 116 Å². The molecule has 42 heavy (non-hydrogen) atoms. The van der Waals surface area contributed by atoms with Gasteiger partial charge in [-0.2, -0.15) is 28.4 Å². The second-order valence-electron chi connectivity index (χ2n) is 10.4. The van der Waals surface area contributed by atoms with Gasteiger partial charge in [0.2, 0.25) is 0 Å². The molecule has 5 aromatic heterocycles. The van der Waals surface area contributed by atoms with E-state index in [1.165, 1.54) is 31.7 Å². The fourth-order valence-electron chi connectivity index (χ4n) is 6.10. The van der Waals surface area contributed by atoms with Crippen molar-refractivity contribution in [2.45, 2.75) is 6.92 Å². The number of pyridine rings is 1. The zero-order valence-electron chi connectivity index (χ0n) is 22.4. The van der Waals surface area contributed by atoms with E-state index in [0.29, 0.717) is 0 Å².